The van der Waals surface area contributed by atoms with Crippen molar-refractivity contribution in [1.82, 2.24) is 19.8 Å². The lowest BCUT2D eigenvalue weighted by Gasteiger charge is -2.03. The molecule has 0 amide bonds. The van der Waals surface area contributed by atoms with Crippen molar-refractivity contribution >= 4 is 5.65 Å². The van der Waals surface area contributed by atoms with E-state index in [4.69, 9.17) is 5.73 Å². The molecule has 5 nitrogen and oxygen atoms in total. The molecule has 0 saturated heterocycles. The Morgan fingerprint density at radius 1 is 1.05 bits per heavy atom. The first kappa shape index (κ1) is 11.8. The van der Waals surface area contributed by atoms with Gasteiger partial charge < -0.3 is 5.73 Å². The molecular formula is C14H15N5. The molecule has 2 heterocycles. The Labute approximate surface area is 111 Å². The van der Waals surface area contributed by atoms with Gasteiger partial charge in [0.05, 0.1) is 12.2 Å². The number of aryl methyl sites for hydroxylation is 1. The van der Waals surface area contributed by atoms with E-state index in [0.717, 1.165) is 23.3 Å². The highest BCUT2D eigenvalue weighted by molar-refractivity contribution is 5.60. The molecule has 0 unspecified atom stereocenters. The van der Waals surface area contributed by atoms with Crippen molar-refractivity contribution in [3.8, 4) is 11.3 Å². The average molecular weight is 253 g/mol. The van der Waals surface area contributed by atoms with Crippen LogP contribution in [0.15, 0.2) is 36.4 Å². The van der Waals surface area contributed by atoms with Crippen LogP contribution in [0, 0.1) is 0 Å². The Hall–Kier alpha value is -2.27. The van der Waals surface area contributed by atoms with E-state index in [-0.39, 0.29) is 0 Å². The lowest BCUT2D eigenvalue weighted by atomic mass is 10.1. The molecule has 19 heavy (non-hydrogen) atoms. The summed E-state index contributed by atoms with van der Waals surface area (Å²) in [5, 5.41) is 12.6. The Kier molecular flexibility index (Phi) is 2.97. The fourth-order valence-corrected chi connectivity index (χ4v) is 2.03. The van der Waals surface area contributed by atoms with Gasteiger partial charge in [0.1, 0.15) is 0 Å². The second kappa shape index (κ2) is 4.78. The molecule has 0 atom stereocenters. The molecule has 3 aromatic rings. The van der Waals surface area contributed by atoms with Crippen molar-refractivity contribution in [3.05, 3.63) is 47.8 Å². The van der Waals surface area contributed by atoms with Crippen LogP contribution in [0.3, 0.4) is 0 Å². The minimum atomic E-state index is 0.326. The molecule has 0 aliphatic heterocycles. The first-order chi connectivity index (χ1) is 9.31. The molecule has 0 fully saturated rings. The number of rotatable bonds is 3. The van der Waals surface area contributed by atoms with Crippen LogP contribution in [0.25, 0.3) is 16.9 Å². The molecule has 0 aliphatic carbocycles. The van der Waals surface area contributed by atoms with Crippen molar-refractivity contribution in [2.75, 3.05) is 0 Å². The number of fused-ring (bicyclic) bond motifs is 1. The lowest BCUT2D eigenvalue weighted by molar-refractivity contribution is 0.811. The van der Waals surface area contributed by atoms with Crippen molar-refractivity contribution in [1.29, 1.82) is 0 Å². The maximum absolute atomic E-state index is 5.62. The van der Waals surface area contributed by atoms with Gasteiger partial charge in [0.2, 0.25) is 0 Å². The number of nitrogens with two attached hydrogens (primary N) is 1. The molecule has 3 rings (SSSR count). The summed E-state index contributed by atoms with van der Waals surface area (Å²) in [4.78, 5) is 0. The smallest absolute Gasteiger partial charge is 0.177 e. The minimum Gasteiger partial charge on any atom is -0.324 e. The highest BCUT2D eigenvalue weighted by atomic mass is 15.4. The number of hydrogen-bond donors (Lipinski definition) is 1. The summed E-state index contributed by atoms with van der Waals surface area (Å²) in [5.74, 6) is 0.669. The third-order valence-corrected chi connectivity index (χ3v) is 3.17. The summed E-state index contributed by atoms with van der Waals surface area (Å²) in [6, 6.07) is 12.3. The first-order valence-electron chi connectivity index (χ1n) is 6.32. The molecule has 2 aromatic heterocycles. The summed E-state index contributed by atoms with van der Waals surface area (Å²) in [5.41, 5.74) is 9.63. The summed E-state index contributed by atoms with van der Waals surface area (Å²) < 4.78 is 1.70. The van der Waals surface area contributed by atoms with E-state index >= 15 is 0 Å². The highest BCUT2D eigenvalue weighted by Gasteiger charge is 2.07. The number of hydrogen-bond acceptors (Lipinski definition) is 4. The zero-order valence-electron chi connectivity index (χ0n) is 10.7. The number of benzene rings is 1. The summed E-state index contributed by atoms with van der Waals surface area (Å²) in [6.45, 7) is 2.47. The Bertz CT molecular complexity index is 699. The van der Waals surface area contributed by atoms with Crippen LogP contribution in [0.4, 0.5) is 0 Å². The first-order valence-corrected chi connectivity index (χ1v) is 6.32. The fourth-order valence-electron chi connectivity index (χ4n) is 2.03. The Morgan fingerprint density at radius 2 is 1.84 bits per heavy atom. The summed E-state index contributed by atoms with van der Waals surface area (Å²) in [6.07, 6.45) is 1.04. The Morgan fingerprint density at radius 3 is 2.53 bits per heavy atom. The predicted molar refractivity (Wildman–Crippen MR) is 73.5 cm³/mol. The maximum Gasteiger partial charge on any atom is 0.177 e. The van der Waals surface area contributed by atoms with Crippen molar-refractivity contribution < 1.29 is 0 Å². The molecule has 0 radical (unpaired) electrons. The third-order valence-electron chi connectivity index (χ3n) is 3.17. The van der Waals surface area contributed by atoms with Gasteiger partial charge in [-0.1, -0.05) is 31.2 Å². The highest BCUT2D eigenvalue weighted by Crippen LogP contribution is 2.18. The topological polar surface area (TPSA) is 69.1 Å². The van der Waals surface area contributed by atoms with Gasteiger partial charge in [0.25, 0.3) is 0 Å². The van der Waals surface area contributed by atoms with E-state index in [1.807, 2.05) is 12.1 Å². The molecule has 1 aromatic carbocycles. The minimum absolute atomic E-state index is 0.326. The van der Waals surface area contributed by atoms with Crippen molar-refractivity contribution in [2.45, 2.75) is 19.9 Å². The zero-order valence-corrected chi connectivity index (χ0v) is 10.7. The quantitative estimate of drug-likeness (QED) is 0.773. The standard InChI is InChI=1S/C14H15N5/c1-2-10-3-5-11(6-4-10)12-7-8-13-16-17-14(9-15)19(13)18-12/h3-8H,2,9,15H2,1H3. The van der Waals surface area contributed by atoms with Gasteiger partial charge in [0, 0.05) is 5.56 Å². The molecule has 0 spiro atoms. The van der Waals surface area contributed by atoms with Gasteiger partial charge >= 0.3 is 0 Å². The van der Waals surface area contributed by atoms with Gasteiger partial charge in [-0.25, -0.2) is 0 Å². The van der Waals surface area contributed by atoms with Crippen LogP contribution in [-0.4, -0.2) is 19.8 Å². The molecule has 2 N–H and O–H groups in total. The zero-order chi connectivity index (χ0) is 13.2. The fraction of sp³-hybridized carbons (Fsp3) is 0.214. The molecule has 0 aliphatic rings. The second-order valence-electron chi connectivity index (χ2n) is 4.36. The monoisotopic (exact) mass is 253 g/mol. The van der Waals surface area contributed by atoms with E-state index in [0.29, 0.717) is 12.4 Å². The number of aromatic nitrogens is 4. The van der Waals surface area contributed by atoms with Gasteiger partial charge in [-0.2, -0.15) is 9.61 Å². The van der Waals surface area contributed by atoms with E-state index in [2.05, 4.69) is 46.5 Å². The van der Waals surface area contributed by atoms with Gasteiger partial charge in [0.15, 0.2) is 11.5 Å². The van der Waals surface area contributed by atoms with Crippen LogP contribution in [0.1, 0.15) is 18.3 Å². The van der Waals surface area contributed by atoms with Crippen LogP contribution < -0.4 is 5.73 Å². The average Bonchev–Trinajstić information content (AvgIpc) is 2.89. The molecule has 96 valence electrons. The van der Waals surface area contributed by atoms with Gasteiger partial charge in [-0.15, -0.1) is 10.2 Å². The van der Waals surface area contributed by atoms with Crippen LogP contribution in [0.5, 0.6) is 0 Å². The van der Waals surface area contributed by atoms with E-state index in [9.17, 15) is 0 Å². The van der Waals surface area contributed by atoms with E-state index < -0.39 is 0 Å². The summed E-state index contributed by atoms with van der Waals surface area (Å²) in [7, 11) is 0. The van der Waals surface area contributed by atoms with E-state index in [1.54, 1.807) is 4.52 Å². The SMILES string of the molecule is CCc1ccc(-c2ccc3nnc(CN)n3n2)cc1. The second-order valence-corrected chi connectivity index (χ2v) is 4.36. The third kappa shape index (κ3) is 2.08. The lowest BCUT2D eigenvalue weighted by Crippen LogP contribution is -2.05. The largest absolute Gasteiger partial charge is 0.324 e. The van der Waals surface area contributed by atoms with Crippen LogP contribution >= 0.6 is 0 Å². The van der Waals surface area contributed by atoms with Crippen LogP contribution in [0.2, 0.25) is 0 Å². The van der Waals surface area contributed by atoms with E-state index in [1.165, 1.54) is 5.56 Å². The molecule has 0 bridgehead atoms. The van der Waals surface area contributed by atoms with Gasteiger partial charge in [-0.05, 0) is 24.1 Å². The molecule has 0 saturated carbocycles. The van der Waals surface area contributed by atoms with Crippen LogP contribution in [-0.2, 0) is 13.0 Å². The normalized spacial score (nSPS) is 11.1. The summed E-state index contributed by atoms with van der Waals surface area (Å²) >= 11 is 0. The van der Waals surface area contributed by atoms with Crippen molar-refractivity contribution in [3.63, 3.8) is 0 Å². The Balaban J connectivity index is 2.08. The predicted octanol–water partition coefficient (Wildman–Crippen LogP) is 1.81. The molecular weight excluding hydrogens is 238 g/mol. The van der Waals surface area contributed by atoms with Crippen molar-refractivity contribution in [2.24, 2.45) is 5.73 Å². The van der Waals surface area contributed by atoms with Gasteiger partial charge in [-0.3, -0.25) is 0 Å². The maximum atomic E-state index is 5.62. The number of nitrogens with zero attached hydrogens (tertiary/aromatic N) is 4. The molecule has 5 heteroatoms.